The van der Waals surface area contributed by atoms with Crippen molar-refractivity contribution in [1.29, 1.82) is 0 Å². The number of rotatable bonds is 6. The van der Waals surface area contributed by atoms with Gasteiger partial charge in [-0.25, -0.2) is 0 Å². The highest BCUT2D eigenvalue weighted by Gasteiger charge is 2.21. The molecule has 0 aromatic heterocycles. The lowest BCUT2D eigenvalue weighted by molar-refractivity contribution is 0.123. The number of allylic oxidation sites excluding steroid dienone is 2. The molecule has 2 nitrogen and oxygen atoms in total. The summed E-state index contributed by atoms with van der Waals surface area (Å²) in [4.78, 5) is 0. The monoisotopic (exact) mass is 179 g/mol. The van der Waals surface area contributed by atoms with Crippen LogP contribution in [0.3, 0.4) is 0 Å². The molecule has 1 aliphatic carbocycles. The molecule has 0 unspecified atom stereocenters. The zero-order chi connectivity index (χ0) is 9.68. The summed E-state index contributed by atoms with van der Waals surface area (Å²) in [7, 11) is 0. The van der Waals surface area contributed by atoms with E-state index in [9.17, 15) is 0 Å². The van der Waals surface area contributed by atoms with Gasteiger partial charge in [-0.05, 0) is 30.9 Å². The van der Waals surface area contributed by atoms with Crippen LogP contribution in [0.2, 0.25) is 0 Å². The van der Waals surface area contributed by atoms with Crippen LogP contribution < -0.4 is 5.73 Å². The van der Waals surface area contributed by atoms with Gasteiger partial charge in [0, 0.05) is 5.70 Å². The first kappa shape index (κ1) is 10.1. The Morgan fingerprint density at radius 2 is 2.23 bits per heavy atom. The summed E-state index contributed by atoms with van der Waals surface area (Å²) in [6.45, 7) is 8.08. The van der Waals surface area contributed by atoms with Crippen molar-refractivity contribution in [3.05, 3.63) is 36.6 Å². The molecule has 2 N–H and O–H groups in total. The second-order valence-corrected chi connectivity index (χ2v) is 3.32. The molecule has 0 aromatic rings. The molecule has 0 atom stereocenters. The van der Waals surface area contributed by atoms with Crippen LogP contribution in [-0.4, -0.2) is 12.7 Å². The second kappa shape index (κ2) is 4.87. The predicted molar refractivity (Wildman–Crippen MR) is 55.2 cm³/mol. The van der Waals surface area contributed by atoms with Crippen LogP contribution >= 0.6 is 0 Å². The Kier molecular flexibility index (Phi) is 3.77. The molecule has 0 bridgehead atoms. The first-order valence-corrected chi connectivity index (χ1v) is 4.61. The van der Waals surface area contributed by atoms with Crippen LogP contribution in [0.25, 0.3) is 0 Å². The van der Waals surface area contributed by atoms with Crippen molar-refractivity contribution in [2.24, 2.45) is 5.73 Å². The minimum Gasteiger partial charge on any atom is -0.399 e. The molecule has 0 radical (unpaired) electrons. The van der Waals surface area contributed by atoms with Gasteiger partial charge in [-0.1, -0.05) is 19.2 Å². The van der Waals surface area contributed by atoms with E-state index in [-0.39, 0.29) is 0 Å². The van der Waals surface area contributed by atoms with Crippen molar-refractivity contribution < 1.29 is 4.74 Å². The number of ether oxygens (including phenoxy) is 1. The summed E-state index contributed by atoms with van der Waals surface area (Å²) >= 11 is 0. The molecular weight excluding hydrogens is 162 g/mol. The molecule has 0 aromatic carbocycles. The Balaban J connectivity index is 2.21. The molecule has 1 saturated carbocycles. The van der Waals surface area contributed by atoms with Crippen molar-refractivity contribution in [3.63, 3.8) is 0 Å². The Morgan fingerprint density at radius 3 is 2.69 bits per heavy atom. The molecule has 13 heavy (non-hydrogen) atoms. The maximum atomic E-state index is 5.51. The van der Waals surface area contributed by atoms with Crippen LogP contribution in [0.15, 0.2) is 36.6 Å². The third-order valence-electron chi connectivity index (χ3n) is 1.90. The summed E-state index contributed by atoms with van der Waals surface area (Å²) in [5.74, 6) is 0. The fourth-order valence-electron chi connectivity index (χ4n) is 1.05. The SMILES string of the molecule is C=C/C(=C\C(=C)N)CCOC1CC1. The van der Waals surface area contributed by atoms with Crippen molar-refractivity contribution >= 4 is 0 Å². The normalized spacial score (nSPS) is 17.1. The van der Waals surface area contributed by atoms with E-state index in [4.69, 9.17) is 10.5 Å². The smallest absolute Gasteiger partial charge is 0.0577 e. The van der Waals surface area contributed by atoms with Crippen molar-refractivity contribution in [3.8, 4) is 0 Å². The molecule has 0 spiro atoms. The molecule has 0 saturated heterocycles. The van der Waals surface area contributed by atoms with Gasteiger partial charge in [0.05, 0.1) is 12.7 Å². The maximum absolute atomic E-state index is 5.51. The van der Waals surface area contributed by atoms with E-state index < -0.39 is 0 Å². The minimum atomic E-state index is 0.521. The number of nitrogens with two attached hydrogens (primary N) is 1. The van der Waals surface area contributed by atoms with E-state index in [1.54, 1.807) is 6.08 Å². The van der Waals surface area contributed by atoms with E-state index in [1.165, 1.54) is 12.8 Å². The lowest BCUT2D eigenvalue weighted by Gasteiger charge is -2.03. The molecule has 0 aliphatic heterocycles. The van der Waals surface area contributed by atoms with Gasteiger partial charge in [0.25, 0.3) is 0 Å². The maximum Gasteiger partial charge on any atom is 0.0577 e. The minimum absolute atomic E-state index is 0.521. The quantitative estimate of drug-likeness (QED) is 0.634. The van der Waals surface area contributed by atoms with Gasteiger partial charge in [0.15, 0.2) is 0 Å². The average molecular weight is 179 g/mol. The lowest BCUT2D eigenvalue weighted by atomic mass is 10.1. The highest BCUT2D eigenvalue weighted by molar-refractivity contribution is 5.25. The van der Waals surface area contributed by atoms with Gasteiger partial charge in [0.2, 0.25) is 0 Å². The van der Waals surface area contributed by atoms with Gasteiger partial charge in [0.1, 0.15) is 0 Å². The summed E-state index contributed by atoms with van der Waals surface area (Å²) < 4.78 is 5.51. The Bertz CT molecular complexity index is 226. The first-order chi connectivity index (χ1) is 6.22. The van der Waals surface area contributed by atoms with Crippen LogP contribution in [0.4, 0.5) is 0 Å². The highest BCUT2D eigenvalue weighted by Crippen LogP contribution is 2.23. The van der Waals surface area contributed by atoms with Gasteiger partial charge in [-0.3, -0.25) is 0 Å². The standard InChI is InChI=1S/C11H17NO/c1-3-10(8-9(2)12)6-7-13-11-4-5-11/h3,8,11H,1-2,4-7,12H2/b10-8+. The lowest BCUT2D eigenvalue weighted by Crippen LogP contribution is -1.98. The summed E-state index contributed by atoms with van der Waals surface area (Å²) in [6, 6.07) is 0. The number of hydrogen-bond donors (Lipinski definition) is 1. The molecule has 1 rings (SSSR count). The van der Waals surface area contributed by atoms with Gasteiger partial charge in [-0.2, -0.15) is 0 Å². The molecule has 0 amide bonds. The average Bonchev–Trinajstić information content (AvgIpc) is 2.85. The topological polar surface area (TPSA) is 35.2 Å². The fraction of sp³-hybridized carbons (Fsp3) is 0.455. The molecule has 2 heteroatoms. The Morgan fingerprint density at radius 1 is 1.54 bits per heavy atom. The van der Waals surface area contributed by atoms with Crippen LogP contribution in [0.5, 0.6) is 0 Å². The van der Waals surface area contributed by atoms with Crippen LogP contribution in [-0.2, 0) is 4.74 Å². The van der Waals surface area contributed by atoms with Crippen LogP contribution in [0.1, 0.15) is 19.3 Å². The van der Waals surface area contributed by atoms with Crippen molar-refractivity contribution in [2.45, 2.75) is 25.4 Å². The third kappa shape index (κ3) is 4.53. The van der Waals surface area contributed by atoms with E-state index in [0.717, 1.165) is 18.6 Å². The Hall–Kier alpha value is -1.02. The fourth-order valence-corrected chi connectivity index (χ4v) is 1.05. The van der Waals surface area contributed by atoms with Crippen LogP contribution in [0, 0.1) is 0 Å². The number of hydrogen-bond acceptors (Lipinski definition) is 2. The summed E-state index contributed by atoms with van der Waals surface area (Å²) in [5, 5.41) is 0. The summed E-state index contributed by atoms with van der Waals surface area (Å²) in [6.07, 6.45) is 7.47. The van der Waals surface area contributed by atoms with Gasteiger partial charge in [-0.15, -0.1) is 0 Å². The summed E-state index contributed by atoms with van der Waals surface area (Å²) in [5.41, 5.74) is 7.11. The van der Waals surface area contributed by atoms with E-state index >= 15 is 0 Å². The van der Waals surface area contributed by atoms with Crippen molar-refractivity contribution in [2.75, 3.05) is 6.61 Å². The zero-order valence-electron chi connectivity index (χ0n) is 7.96. The first-order valence-electron chi connectivity index (χ1n) is 4.61. The van der Waals surface area contributed by atoms with Crippen molar-refractivity contribution in [1.82, 2.24) is 0 Å². The Labute approximate surface area is 79.8 Å². The second-order valence-electron chi connectivity index (χ2n) is 3.32. The van der Waals surface area contributed by atoms with Gasteiger partial charge < -0.3 is 10.5 Å². The molecule has 0 heterocycles. The van der Waals surface area contributed by atoms with E-state index in [0.29, 0.717) is 11.8 Å². The van der Waals surface area contributed by atoms with E-state index in [2.05, 4.69) is 13.2 Å². The molecule has 1 fully saturated rings. The third-order valence-corrected chi connectivity index (χ3v) is 1.90. The zero-order valence-corrected chi connectivity index (χ0v) is 7.96. The largest absolute Gasteiger partial charge is 0.399 e. The molecule has 1 aliphatic rings. The molecular formula is C11H17NO. The van der Waals surface area contributed by atoms with E-state index in [1.807, 2.05) is 6.08 Å². The highest BCUT2D eigenvalue weighted by atomic mass is 16.5. The van der Waals surface area contributed by atoms with Gasteiger partial charge >= 0.3 is 0 Å². The molecule has 72 valence electrons. The predicted octanol–water partition coefficient (Wildman–Crippen LogP) is 2.14.